The molecule has 0 amide bonds. The van der Waals surface area contributed by atoms with Crippen molar-refractivity contribution in [2.75, 3.05) is 0 Å². The van der Waals surface area contributed by atoms with E-state index in [0.717, 1.165) is 63.9 Å². The molecule has 10 rings (SSSR count). The summed E-state index contributed by atoms with van der Waals surface area (Å²) in [5, 5.41) is 0. The normalized spacial score (nSPS) is 23.1. The highest BCUT2D eigenvalue weighted by Gasteiger charge is 2.44. The van der Waals surface area contributed by atoms with Crippen molar-refractivity contribution < 1.29 is 0 Å². The summed E-state index contributed by atoms with van der Waals surface area (Å²) >= 11 is 0. The highest BCUT2D eigenvalue weighted by Crippen LogP contribution is 2.48. The molecule has 0 saturated heterocycles. The van der Waals surface area contributed by atoms with Crippen LogP contribution >= 0.6 is 0 Å². The molecule has 61 heavy (non-hydrogen) atoms. The summed E-state index contributed by atoms with van der Waals surface area (Å²) in [5.74, 6) is 3.21. The highest BCUT2D eigenvalue weighted by molar-refractivity contribution is 6.26. The van der Waals surface area contributed by atoms with Gasteiger partial charge >= 0.3 is 0 Å². The number of rotatable bonds is 9. The third-order valence-corrected chi connectivity index (χ3v) is 12.8. The maximum absolute atomic E-state index is 6.42. The molecular formula is C56H49N5. The van der Waals surface area contributed by atoms with Crippen molar-refractivity contribution in [1.29, 1.82) is 0 Å². The predicted molar refractivity (Wildman–Crippen MR) is 252 cm³/mol. The van der Waals surface area contributed by atoms with Gasteiger partial charge < -0.3 is 5.73 Å². The number of allylic oxidation sites excluding steroid dienone is 10. The molecule has 6 aromatic rings. The number of nitrogens with two attached hydrogens (primary N) is 1. The number of aromatic nitrogens is 3. The molecule has 1 aromatic heterocycles. The lowest BCUT2D eigenvalue weighted by atomic mass is 9.64. The van der Waals surface area contributed by atoms with Crippen molar-refractivity contribution in [2.24, 2.45) is 28.5 Å². The summed E-state index contributed by atoms with van der Waals surface area (Å²) in [5.41, 5.74) is 17.4. The molecule has 2 N–H and O–H groups in total. The van der Waals surface area contributed by atoms with Crippen molar-refractivity contribution in [3.05, 3.63) is 217 Å². The second-order valence-corrected chi connectivity index (χ2v) is 16.5. The van der Waals surface area contributed by atoms with Crippen molar-refractivity contribution >= 4 is 11.3 Å². The molecule has 0 bridgehead atoms. The van der Waals surface area contributed by atoms with E-state index in [1.165, 1.54) is 17.5 Å². The topological polar surface area (TPSA) is 77.0 Å². The molecule has 298 valence electrons. The van der Waals surface area contributed by atoms with Crippen molar-refractivity contribution in [3.8, 4) is 45.3 Å². The van der Waals surface area contributed by atoms with Crippen molar-refractivity contribution in [3.63, 3.8) is 0 Å². The first kappa shape index (κ1) is 38.2. The molecule has 0 fully saturated rings. The van der Waals surface area contributed by atoms with Crippen LogP contribution in [0.15, 0.2) is 205 Å². The van der Waals surface area contributed by atoms with Gasteiger partial charge in [0, 0.05) is 52.1 Å². The van der Waals surface area contributed by atoms with Crippen LogP contribution in [0.1, 0.15) is 54.2 Å². The Bertz CT molecular complexity index is 2740. The second-order valence-electron chi connectivity index (χ2n) is 16.5. The lowest BCUT2D eigenvalue weighted by Crippen LogP contribution is -2.42. The Hall–Kier alpha value is -6.98. The molecule has 3 aliphatic carbocycles. The molecule has 5 aromatic carbocycles. The summed E-state index contributed by atoms with van der Waals surface area (Å²) in [7, 11) is 0. The fourth-order valence-corrected chi connectivity index (χ4v) is 9.71. The van der Waals surface area contributed by atoms with Gasteiger partial charge in [-0.2, -0.15) is 0 Å². The van der Waals surface area contributed by atoms with Gasteiger partial charge in [0.2, 0.25) is 0 Å². The van der Waals surface area contributed by atoms with E-state index in [1.807, 2.05) is 24.3 Å². The van der Waals surface area contributed by atoms with E-state index in [0.29, 0.717) is 23.4 Å². The van der Waals surface area contributed by atoms with Crippen molar-refractivity contribution in [1.82, 2.24) is 15.0 Å². The molecule has 0 saturated carbocycles. The summed E-state index contributed by atoms with van der Waals surface area (Å²) in [4.78, 5) is 21.0. The van der Waals surface area contributed by atoms with E-state index < -0.39 is 0 Å². The minimum absolute atomic E-state index is 0.0399. The van der Waals surface area contributed by atoms with E-state index in [-0.39, 0.29) is 29.7 Å². The van der Waals surface area contributed by atoms with Crippen LogP contribution in [0, 0.1) is 17.8 Å². The molecule has 5 heteroatoms. The van der Waals surface area contributed by atoms with E-state index >= 15 is 0 Å². The second kappa shape index (κ2) is 17.3. The zero-order chi connectivity index (χ0) is 41.0. The fourth-order valence-electron chi connectivity index (χ4n) is 9.71. The first-order valence-electron chi connectivity index (χ1n) is 21.7. The molecular weight excluding hydrogens is 743 g/mol. The van der Waals surface area contributed by atoms with Gasteiger partial charge in [0.05, 0.1) is 11.8 Å². The number of benzene rings is 5. The van der Waals surface area contributed by atoms with Crippen LogP contribution in [-0.2, 0) is 0 Å². The maximum atomic E-state index is 6.42. The summed E-state index contributed by atoms with van der Waals surface area (Å²) < 4.78 is 0. The van der Waals surface area contributed by atoms with Crippen LogP contribution in [0.3, 0.4) is 0 Å². The highest BCUT2D eigenvalue weighted by atomic mass is 15.0. The monoisotopic (exact) mass is 791 g/mol. The third kappa shape index (κ3) is 7.92. The Morgan fingerprint density at radius 3 is 1.95 bits per heavy atom. The van der Waals surface area contributed by atoms with Gasteiger partial charge in [0.15, 0.2) is 17.5 Å². The largest absolute Gasteiger partial charge is 0.404 e. The molecule has 5 nitrogen and oxygen atoms in total. The molecule has 6 atom stereocenters. The Labute approximate surface area is 359 Å². The molecule has 2 heterocycles. The first-order valence-corrected chi connectivity index (χ1v) is 21.7. The van der Waals surface area contributed by atoms with E-state index in [4.69, 9.17) is 25.7 Å². The van der Waals surface area contributed by atoms with E-state index in [9.17, 15) is 0 Å². The summed E-state index contributed by atoms with van der Waals surface area (Å²) in [6.07, 6.45) is 28.9. The fraction of sp³-hybridized carbons (Fsp3) is 0.179. The standard InChI is InChI=1S/C56H49N5/c57-37-50(40-19-7-2-8-20-40)53-49-30-14-13-29-48(49)51(52(58-53)42-21-9-3-10-22-42)41-33-31-39(32-34-41)45-26-16-28-47(36-45)56-60-54(43-23-11-4-12-24-43)59-55(61-56)46-27-15-25-44(35-46)38-17-5-1-6-18-38/h2-5,7-17,19-21,23-38,42,48-49,51-52H,1,6,18,22,57H2/t38?,42-,48?,49?,51?,52?/m0/s1. The van der Waals surface area contributed by atoms with Gasteiger partial charge in [-0.15, -0.1) is 0 Å². The van der Waals surface area contributed by atoms with Crippen LogP contribution in [0.4, 0.5) is 0 Å². The van der Waals surface area contributed by atoms with Crippen LogP contribution in [0.5, 0.6) is 0 Å². The van der Waals surface area contributed by atoms with Gasteiger partial charge in [0.1, 0.15) is 0 Å². The number of hydrogen-bond donors (Lipinski definition) is 1. The van der Waals surface area contributed by atoms with Crippen LogP contribution < -0.4 is 5.73 Å². The van der Waals surface area contributed by atoms with Crippen molar-refractivity contribution in [2.45, 2.75) is 43.6 Å². The molecule has 1 aliphatic heterocycles. The SMILES string of the molecule is NC=C(C1=NC([C@H]2C=CC=CC2)C(c2ccc(-c3cccc(-c4nc(-c5ccccc5)nc(-c5cccc(C6C=CCCC6)c5)n4)c3)cc2)C2C=CC=CC12)c1ccccc1. The van der Waals surface area contributed by atoms with Gasteiger partial charge in [-0.3, -0.25) is 4.99 Å². The quantitative estimate of drug-likeness (QED) is 0.148. The zero-order valence-corrected chi connectivity index (χ0v) is 34.2. The van der Waals surface area contributed by atoms with Crippen LogP contribution in [-0.4, -0.2) is 26.7 Å². The number of aliphatic imine (C=N–C) groups is 1. The van der Waals surface area contributed by atoms with Crippen LogP contribution in [0.25, 0.3) is 50.9 Å². The molecule has 4 aliphatic rings. The lowest BCUT2D eigenvalue weighted by Gasteiger charge is -2.44. The molecule has 5 unspecified atom stereocenters. The number of hydrogen-bond acceptors (Lipinski definition) is 5. The third-order valence-electron chi connectivity index (χ3n) is 12.8. The Morgan fingerprint density at radius 1 is 0.557 bits per heavy atom. The lowest BCUT2D eigenvalue weighted by molar-refractivity contribution is 0.322. The first-order chi connectivity index (χ1) is 30.2. The van der Waals surface area contributed by atoms with Crippen LogP contribution in [0.2, 0.25) is 0 Å². The Kier molecular flexibility index (Phi) is 10.9. The predicted octanol–water partition coefficient (Wildman–Crippen LogP) is 12.8. The van der Waals surface area contributed by atoms with E-state index in [1.54, 1.807) is 6.20 Å². The summed E-state index contributed by atoms with van der Waals surface area (Å²) in [6, 6.07) is 47.2. The Morgan fingerprint density at radius 2 is 1.23 bits per heavy atom. The smallest absolute Gasteiger partial charge is 0.164 e. The van der Waals surface area contributed by atoms with Gasteiger partial charge in [-0.05, 0) is 71.6 Å². The maximum Gasteiger partial charge on any atom is 0.164 e. The zero-order valence-electron chi connectivity index (χ0n) is 34.2. The van der Waals surface area contributed by atoms with Gasteiger partial charge in [0.25, 0.3) is 0 Å². The van der Waals surface area contributed by atoms with Gasteiger partial charge in [-0.1, -0.05) is 182 Å². The molecule has 0 spiro atoms. The minimum Gasteiger partial charge on any atom is -0.404 e. The average Bonchev–Trinajstić information content (AvgIpc) is 3.35. The Balaban J connectivity index is 1.00. The summed E-state index contributed by atoms with van der Waals surface area (Å²) in [6.45, 7) is 0. The minimum atomic E-state index is 0.0399. The number of nitrogens with zero attached hydrogens (tertiary/aromatic N) is 4. The average molecular weight is 792 g/mol. The molecule has 0 radical (unpaired) electrons. The van der Waals surface area contributed by atoms with E-state index in [2.05, 4.69) is 170 Å². The van der Waals surface area contributed by atoms with Gasteiger partial charge in [-0.25, -0.2) is 15.0 Å². The number of fused-ring (bicyclic) bond motifs is 1.